The number of aromatic nitrogens is 6. The van der Waals surface area contributed by atoms with Crippen LogP contribution in [0.4, 0.5) is 29.8 Å². The zero-order valence-corrected chi connectivity index (χ0v) is 30.2. The zero-order chi connectivity index (χ0) is 37.2. The quantitative estimate of drug-likeness (QED) is 0.162. The molecule has 8 rings (SSSR count). The van der Waals surface area contributed by atoms with E-state index in [-0.39, 0.29) is 17.9 Å². The number of hydrogen-bond acceptors (Lipinski definition) is 12. The average molecular weight is 746 g/mol. The fourth-order valence-electron chi connectivity index (χ4n) is 8.70. The van der Waals surface area contributed by atoms with Gasteiger partial charge in [0.1, 0.15) is 22.7 Å². The minimum atomic E-state index is -5.08. The number of likely N-dealkylation sites (tertiary alicyclic amines) is 1. The molecule has 0 aromatic carbocycles. The summed E-state index contributed by atoms with van der Waals surface area (Å²) in [5.74, 6) is -0.930. The first-order chi connectivity index (χ1) is 25.4. The number of nitrogens with one attached hydrogen (secondary N) is 2. The fourth-order valence-corrected chi connectivity index (χ4v) is 9.86. The van der Waals surface area contributed by atoms with Crippen LogP contribution in [0.15, 0.2) is 29.0 Å². The lowest BCUT2D eigenvalue weighted by atomic mass is 9.63. The molecule has 0 radical (unpaired) electrons. The molecule has 0 unspecified atom stereocenters. The van der Waals surface area contributed by atoms with Crippen LogP contribution < -0.4 is 16.4 Å². The van der Waals surface area contributed by atoms with E-state index in [1.807, 2.05) is 10.00 Å². The van der Waals surface area contributed by atoms with Crippen molar-refractivity contribution in [3.05, 3.63) is 57.4 Å². The Morgan fingerprint density at radius 2 is 1.98 bits per heavy atom. The maximum atomic E-state index is 13.2. The summed E-state index contributed by atoms with van der Waals surface area (Å²) in [6.45, 7) is 4.84. The summed E-state index contributed by atoms with van der Waals surface area (Å²) < 4.78 is 47.8. The lowest BCUT2D eigenvalue weighted by molar-refractivity contribution is -0.167. The highest BCUT2D eigenvalue weighted by molar-refractivity contribution is 7.16. The number of carbonyl (C=O) groups excluding carboxylic acids is 1. The topological polar surface area (TPSA) is 177 Å². The number of nitriles is 1. The van der Waals surface area contributed by atoms with Gasteiger partial charge in [-0.2, -0.15) is 23.5 Å². The molecule has 1 saturated heterocycles. The Labute approximate surface area is 306 Å². The van der Waals surface area contributed by atoms with Crippen LogP contribution in [0.25, 0.3) is 22.6 Å². The normalized spacial score (nSPS) is 21.3. The Hall–Kier alpha value is -5.08. The predicted molar refractivity (Wildman–Crippen MR) is 192 cm³/mol. The molecule has 1 spiro atoms. The van der Waals surface area contributed by atoms with Crippen LogP contribution in [0.5, 0.6) is 0 Å². The van der Waals surface area contributed by atoms with Crippen LogP contribution >= 0.6 is 11.3 Å². The second-order valence-corrected chi connectivity index (χ2v) is 15.4. The third-order valence-electron chi connectivity index (χ3n) is 11.2. The molecule has 1 aliphatic heterocycles. The molecule has 17 heteroatoms. The van der Waals surface area contributed by atoms with Gasteiger partial charge in [0, 0.05) is 28.2 Å². The summed E-state index contributed by atoms with van der Waals surface area (Å²) in [7, 11) is 2.10. The van der Waals surface area contributed by atoms with Gasteiger partial charge in [0.2, 0.25) is 0 Å². The first-order valence-electron chi connectivity index (χ1n) is 17.8. The third-order valence-corrected chi connectivity index (χ3v) is 12.3. The predicted octanol–water partition coefficient (Wildman–Crippen LogP) is 6.68. The maximum absolute atomic E-state index is 13.2. The molecule has 5 aromatic heterocycles. The van der Waals surface area contributed by atoms with Crippen molar-refractivity contribution >= 4 is 44.9 Å². The number of amides is 1. The van der Waals surface area contributed by atoms with Crippen molar-refractivity contribution in [3.63, 3.8) is 0 Å². The van der Waals surface area contributed by atoms with Gasteiger partial charge >= 0.3 is 12.1 Å². The number of nitrogen functional groups attached to an aromatic ring is 1. The van der Waals surface area contributed by atoms with Crippen molar-refractivity contribution in [1.29, 1.82) is 5.26 Å². The molecule has 4 N–H and O–H groups in total. The van der Waals surface area contributed by atoms with Crippen molar-refractivity contribution < 1.29 is 22.5 Å². The SMILES string of the molecule is C[C@@H](Nc1nc(-c2noc3c2CCC[C@@]32CCCc3sc(N)c(C#N)c32)nc2c1cnn2[C@@H](C)[C@@H]1CCCN1C)c1cccnc1NC(=O)C(F)(F)F. The van der Waals surface area contributed by atoms with Gasteiger partial charge in [0.15, 0.2) is 22.9 Å². The molecule has 13 nitrogen and oxygen atoms in total. The van der Waals surface area contributed by atoms with Crippen molar-refractivity contribution in [1.82, 2.24) is 34.8 Å². The van der Waals surface area contributed by atoms with Crippen LogP contribution in [0.2, 0.25) is 0 Å². The lowest BCUT2D eigenvalue weighted by Crippen LogP contribution is -2.35. The van der Waals surface area contributed by atoms with Crippen molar-refractivity contribution in [2.45, 2.75) is 94.9 Å². The number of likely N-dealkylation sites (N-methyl/N-ethyl adjacent to an activating group) is 1. The number of rotatable bonds is 7. The number of carbonyl (C=O) groups is 1. The van der Waals surface area contributed by atoms with Gasteiger partial charge in [-0.15, -0.1) is 11.3 Å². The molecule has 3 aliphatic rings. The van der Waals surface area contributed by atoms with Crippen LogP contribution in [0, 0.1) is 11.3 Å². The third kappa shape index (κ3) is 5.79. The number of anilines is 3. The second-order valence-electron chi connectivity index (χ2n) is 14.3. The molecule has 1 amide bonds. The van der Waals surface area contributed by atoms with E-state index in [9.17, 15) is 23.2 Å². The van der Waals surface area contributed by atoms with E-state index < -0.39 is 23.5 Å². The van der Waals surface area contributed by atoms with E-state index in [2.05, 4.69) is 40.4 Å². The van der Waals surface area contributed by atoms with Gasteiger partial charge in [0.25, 0.3) is 0 Å². The summed E-state index contributed by atoms with van der Waals surface area (Å²) >= 11 is 1.48. The summed E-state index contributed by atoms with van der Waals surface area (Å²) in [6.07, 6.45) is 4.89. The van der Waals surface area contributed by atoms with E-state index >= 15 is 0 Å². The molecule has 5 aromatic rings. The van der Waals surface area contributed by atoms with Crippen LogP contribution in [-0.4, -0.2) is 66.5 Å². The average Bonchev–Trinajstić information content (AvgIpc) is 3.93. The molecule has 1 fully saturated rings. The minimum absolute atomic E-state index is 0.0425. The highest BCUT2D eigenvalue weighted by Crippen LogP contribution is 2.55. The molecule has 6 heterocycles. The van der Waals surface area contributed by atoms with Gasteiger partial charge in [-0.3, -0.25) is 4.79 Å². The minimum Gasteiger partial charge on any atom is -0.389 e. The number of alkyl halides is 3. The van der Waals surface area contributed by atoms with Crippen LogP contribution in [0.3, 0.4) is 0 Å². The Kier molecular flexibility index (Phi) is 8.64. The van der Waals surface area contributed by atoms with Gasteiger partial charge in [-0.25, -0.2) is 19.6 Å². The zero-order valence-electron chi connectivity index (χ0n) is 29.4. The smallest absolute Gasteiger partial charge is 0.389 e. The summed E-state index contributed by atoms with van der Waals surface area (Å²) in [5, 5.41) is 26.0. The molecule has 276 valence electrons. The van der Waals surface area contributed by atoms with Gasteiger partial charge in [-0.05, 0) is 90.4 Å². The first kappa shape index (κ1) is 35.0. The van der Waals surface area contributed by atoms with Gasteiger partial charge < -0.3 is 25.8 Å². The largest absolute Gasteiger partial charge is 0.471 e. The van der Waals surface area contributed by atoms with Crippen molar-refractivity contribution in [3.8, 4) is 17.6 Å². The highest BCUT2D eigenvalue weighted by Gasteiger charge is 2.49. The van der Waals surface area contributed by atoms with Crippen LogP contribution in [0.1, 0.15) is 97.3 Å². The maximum Gasteiger partial charge on any atom is 0.471 e. The highest BCUT2D eigenvalue weighted by atomic mass is 32.1. The Balaban J connectivity index is 1.24. The summed E-state index contributed by atoms with van der Waals surface area (Å²) in [6, 6.07) is 5.06. The molecular formula is C36H38F3N11O2S. The molecule has 53 heavy (non-hydrogen) atoms. The summed E-state index contributed by atoms with van der Waals surface area (Å²) in [5.41, 5.74) is 9.56. The Morgan fingerprint density at radius 3 is 2.72 bits per heavy atom. The van der Waals surface area contributed by atoms with Gasteiger partial charge in [-0.1, -0.05) is 11.2 Å². The molecule has 4 atom stereocenters. The van der Waals surface area contributed by atoms with Gasteiger partial charge in [0.05, 0.1) is 34.6 Å². The van der Waals surface area contributed by atoms with E-state index in [1.165, 1.54) is 17.5 Å². The number of thiophene rings is 1. The number of pyridine rings is 1. The Morgan fingerprint density at radius 1 is 1.19 bits per heavy atom. The van der Waals surface area contributed by atoms with E-state index in [1.54, 1.807) is 25.3 Å². The van der Waals surface area contributed by atoms with E-state index in [4.69, 9.17) is 25.3 Å². The van der Waals surface area contributed by atoms with E-state index in [0.717, 1.165) is 73.3 Å². The number of nitrogens with zero attached hydrogens (tertiary/aromatic N) is 8. The fraction of sp³-hybridized carbons (Fsp3) is 0.472. The van der Waals surface area contributed by atoms with Crippen molar-refractivity contribution in [2.24, 2.45) is 0 Å². The number of nitrogens with two attached hydrogens (primary N) is 1. The van der Waals surface area contributed by atoms with E-state index in [0.29, 0.717) is 50.9 Å². The molecular weight excluding hydrogens is 708 g/mol. The number of aryl methyl sites for hydroxylation is 1. The summed E-state index contributed by atoms with van der Waals surface area (Å²) in [4.78, 5) is 29.4. The molecule has 2 aliphatic carbocycles. The number of fused-ring (bicyclic) bond motifs is 5. The standard InChI is InChI=1S/C36H38F3N11O2S/c1-18(20-9-6-14-42-30(20)47-34(51)36(37,38)39)44-31-23-17-43-50(19(2)24-10-7-15-49(24)3)33(23)46-32(45-31)27-21-8-4-12-35(28(21)52-48-27)13-5-11-25-26(35)22(16-40)29(41)53-25/h6,9,14,17-19,24H,4-5,7-8,10-13,15,41H2,1-3H3,(H,42,47,51)(H,44,45,46)/t18-,19+,24+,35+/m1/s1. The molecule has 0 bridgehead atoms. The van der Waals surface area contributed by atoms with Crippen LogP contribution in [-0.2, 0) is 23.1 Å². The Bertz CT molecular complexity index is 2270. The number of hydrogen-bond donors (Lipinski definition) is 3. The van der Waals surface area contributed by atoms with Crippen molar-refractivity contribution in [2.75, 3.05) is 30.0 Å². The first-order valence-corrected chi connectivity index (χ1v) is 18.6. The second kappa shape index (κ2) is 13.1. The lowest BCUT2D eigenvalue weighted by Gasteiger charge is -2.39. The monoisotopic (exact) mass is 745 g/mol. The number of halogens is 3. The molecule has 0 saturated carbocycles.